The van der Waals surface area contributed by atoms with Crippen molar-refractivity contribution >= 4 is 50.2 Å². The van der Waals surface area contributed by atoms with Crippen LogP contribution in [0.5, 0.6) is 0 Å². The minimum Gasteiger partial charge on any atom is -0.479 e. The normalized spacial score (nSPS) is 17.0. The fraction of sp³-hybridized carbons (Fsp3) is 0.364. The second-order valence-corrected chi connectivity index (χ2v) is 13.7. The molecule has 0 spiro atoms. The number of thiazole rings is 1. The number of aromatic nitrogens is 3. The molecule has 0 amide bonds. The quantitative estimate of drug-likeness (QED) is 0.212. The zero-order valence-electron chi connectivity index (χ0n) is 24.7. The van der Waals surface area contributed by atoms with E-state index in [1.165, 1.54) is 0 Å². The standard InChI is InChI=1S/C33H35ClN4O3S/c1-18-15-25-30(28(20-7-10-22(34)11-8-20)27(18)29(32(39)40)41-33(3,4)5)42-31(36-25)21-9-12-24-26(16-21)38(19(2)35-24)23-13-14-37(6)17-23/h7-12,15-16,23,29H,13-14,17H2,1-6H3,(H,39,40)/t23-,29?/m1/s1. The van der Waals surface area contributed by atoms with Gasteiger partial charge in [-0.05, 0) is 102 Å². The Labute approximate surface area is 254 Å². The van der Waals surface area contributed by atoms with Gasteiger partial charge in [-0.2, -0.15) is 0 Å². The van der Waals surface area contributed by atoms with E-state index < -0.39 is 17.7 Å². The summed E-state index contributed by atoms with van der Waals surface area (Å²) in [6.45, 7) is 11.7. The van der Waals surface area contributed by atoms with Gasteiger partial charge < -0.3 is 19.3 Å². The lowest BCUT2D eigenvalue weighted by Gasteiger charge is -2.28. The number of halogens is 1. The SMILES string of the molecule is Cc1cc2nc(-c3ccc4nc(C)n([C@@H]5CCN(C)C5)c4c3)sc2c(-c2ccc(Cl)cc2)c1C(OC(C)(C)C)C(=O)O. The number of rotatable bonds is 6. The number of ether oxygens (including phenoxy) is 1. The maximum absolute atomic E-state index is 12.6. The monoisotopic (exact) mass is 602 g/mol. The molecule has 6 rings (SSSR count). The van der Waals surface area contributed by atoms with Crippen LogP contribution in [-0.2, 0) is 9.53 Å². The molecule has 1 saturated heterocycles. The molecule has 3 aromatic carbocycles. The number of benzene rings is 3. The van der Waals surface area contributed by atoms with E-state index in [1.807, 2.05) is 58.0 Å². The third kappa shape index (κ3) is 5.33. The van der Waals surface area contributed by atoms with E-state index in [4.69, 9.17) is 26.3 Å². The first-order chi connectivity index (χ1) is 19.9. The fourth-order valence-electron chi connectivity index (χ4n) is 6.09. The molecular weight excluding hydrogens is 568 g/mol. The minimum atomic E-state index is -1.15. The van der Waals surface area contributed by atoms with Gasteiger partial charge in [0.1, 0.15) is 10.8 Å². The smallest absolute Gasteiger partial charge is 0.337 e. The van der Waals surface area contributed by atoms with Crippen LogP contribution in [0.4, 0.5) is 0 Å². The Bertz CT molecular complexity index is 1820. The summed E-state index contributed by atoms with van der Waals surface area (Å²) in [5, 5.41) is 11.8. The third-order valence-electron chi connectivity index (χ3n) is 7.86. The average molecular weight is 603 g/mol. The Hall–Kier alpha value is -3.30. The molecule has 9 heteroatoms. The van der Waals surface area contributed by atoms with Crippen LogP contribution in [0, 0.1) is 13.8 Å². The van der Waals surface area contributed by atoms with Crippen LogP contribution in [0.15, 0.2) is 48.5 Å². The maximum Gasteiger partial charge on any atom is 0.337 e. The molecule has 0 aliphatic carbocycles. The Morgan fingerprint density at radius 3 is 2.43 bits per heavy atom. The van der Waals surface area contributed by atoms with Crippen molar-refractivity contribution in [3.05, 3.63) is 70.5 Å². The molecule has 1 aliphatic rings. The lowest BCUT2D eigenvalue weighted by Crippen LogP contribution is -2.28. The zero-order chi connectivity index (χ0) is 29.9. The molecule has 0 saturated carbocycles. The number of hydrogen-bond acceptors (Lipinski definition) is 6. The number of imidazole rings is 1. The van der Waals surface area contributed by atoms with Crippen LogP contribution < -0.4 is 0 Å². The first kappa shape index (κ1) is 28.8. The molecule has 42 heavy (non-hydrogen) atoms. The Morgan fingerprint density at radius 2 is 1.79 bits per heavy atom. The summed E-state index contributed by atoms with van der Waals surface area (Å²) in [5.41, 5.74) is 6.41. The molecule has 5 aromatic rings. The molecule has 1 aliphatic heterocycles. The second kappa shape index (κ2) is 10.8. The number of hydrogen-bond donors (Lipinski definition) is 1. The number of likely N-dealkylation sites (N-methyl/N-ethyl adjacent to an activating group) is 1. The Balaban J connectivity index is 1.55. The van der Waals surface area contributed by atoms with Crippen LogP contribution in [0.1, 0.15) is 56.3 Å². The average Bonchev–Trinajstić information content (AvgIpc) is 3.62. The van der Waals surface area contributed by atoms with E-state index >= 15 is 0 Å². The highest BCUT2D eigenvalue weighted by molar-refractivity contribution is 7.22. The topological polar surface area (TPSA) is 80.5 Å². The number of aryl methyl sites for hydroxylation is 2. The van der Waals surface area contributed by atoms with Gasteiger partial charge in [-0.1, -0.05) is 23.7 Å². The van der Waals surface area contributed by atoms with E-state index in [1.54, 1.807) is 11.3 Å². The van der Waals surface area contributed by atoms with E-state index in [9.17, 15) is 9.90 Å². The summed E-state index contributed by atoms with van der Waals surface area (Å²) in [7, 11) is 2.16. The van der Waals surface area contributed by atoms with Crippen molar-refractivity contribution in [3.63, 3.8) is 0 Å². The van der Waals surface area contributed by atoms with Gasteiger partial charge >= 0.3 is 5.97 Å². The molecule has 1 fully saturated rings. The van der Waals surface area contributed by atoms with Gasteiger partial charge in [-0.3, -0.25) is 0 Å². The van der Waals surface area contributed by atoms with Crippen molar-refractivity contribution in [1.82, 2.24) is 19.4 Å². The van der Waals surface area contributed by atoms with E-state index in [-0.39, 0.29) is 0 Å². The third-order valence-corrected chi connectivity index (χ3v) is 9.25. The lowest BCUT2D eigenvalue weighted by molar-refractivity contribution is -0.160. The van der Waals surface area contributed by atoms with Gasteiger partial charge in [-0.15, -0.1) is 11.3 Å². The number of carboxylic acid groups (broad SMARTS) is 1. The molecule has 218 valence electrons. The van der Waals surface area contributed by atoms with Gasteiger partial charge in [-0.25, -0.2) is 14.8 Å². The number of nitrogens with zero attached hydrogens (tertiary/aromatic N) is 4. The van der Waals surface area contributed by atoms with E-state index in [0.717, 1.165) is 73.8 Å². The second-order valence-electron chi connectivity index (χ2n) is 12.2. The summed E-state index contributed by atoms with van der Waals surface area (Å²) in [6.07, 6.45) is -0.0500. The summed E-state index contributed by atoms with van der Waals surface area (Å²) in [6, 6.07) is 16.2. The number of fused-ring (bicyclic) bond motifs is 2. The number of aliphatic carboxylic acids is 1. The van der Waals surface area contributed by atoms with Crippen LogP contribution in [-0.4, -0.2) is 56.2 Å². The number of carboxylic acids is 1. The first-order valence-electron chi connectivity index (χ1n) is 14.2. The summed E-state index contributed by atoms with van der Waals surface area (Å²) in [5.74, 6) is -0.00503. The van der Waals surface area contributed by atoms with Crippen LogP contribution >= 0.6 is 22.9 Å². The molecule has 7 nitrogen and oxygen atoms in total. The lowest BCUT2D eigenvalue weighted by atomic mass is 9.91. The van der Waals surface area contributed by atoms with Gasteiger partial charge in [0.25, 0.3) is 0 Å². The van der Waals surface area contributed by atoms with Crippen LogP contribution in [0.3, 0.4) is 0 Å². The Morgan fingerprint density at radius 1 is 1.07 bits per heavy atom. The highest BCUT2D eigenvalue weighted by Gasteiger charge is 2.32. The van der Waals surface area contributed by atoms with Crippen LogP contribution in [0.25, 0.3) is 42.9 Å². The predicted molar refractivity (Wildman–Crippen MR) is 171 cm³/mol. The molecule has 2 atom stereocenters. The molecule has 3 heterocycles. The van der Waals surface area contributed by atoms with Crippen molar-refractivity contribution in [2.45, 2.75) is 58.8 Å². The van der Waals surface area contributed by atoms with Crippen molar-refractivity contribution in [2.75, 3.05) is 20.1 Å². The van der Waals surface area contributed by atoms with E-state index in [0.29, 0.717) is 16.6 Å². The number of likely N-dealkylation sites (tertiary alicyclic amines) is 1. The largest absolute Gasteiger partial charge is 0.479 e. The fourth-order valence-corrected chi connectivity index (χ4v) is 7.34. The molecule has 2 aromatic heterocycles. The molecular formula is C33H35ClN4O3S. The molecule has 0 bridgehead atoms. The van der Waals surface area contributed by atoms with Gasteiger partial charge in [0, 0.05) is 34.3 Å². The van der Waals surface area contributed by atoms with Gasteiger partial charge in [0.2, 0.25) is 0 Å². The highest BCUT2D eigenvalue weighted by atomic mass is 35.5. The maximum atomic E-state index is 12.6. The highest BCUT2D eigenvalue weighted by Crippen LogP contribution is 2.44. The first-order valence-corrected chi connectivity index (χ1v) is 15.4. The Kier molecular flexibility index (Phi) is 7.38. The van der Waals surface area contributed by atoms with Crippen molar-refractivity contribution in [3.8, 4) is 21.7 Å². The number of carbonyl (C=O) groups is 1. The molecule has 0 radical (unpaired) electrons. The van der Waals surface area contributed by atoms with Gasteiger partial charge in [0.05, 0.1) is 26.9 Å². The summed E-state index contributed by atoms with van der Waals surface area (Å²) in [4.78, 5) is 25.0. The summed E-state index contributed by atoms with van der Waals surface area (Å²) >= 11 is 7.82. The van der Waals surface area contributed by atoms with Crippen molar-refractivity contribution < 1.29 is 14.6 Å². The molecule has 1 unspecified atom stereocenters. The van der Waals surface area contributed by atoms with E-state index in [2.05, 4.69) is 41.6 Å². The molecule has 1 N–H and O–H groups in total. The van der Waals surface area contributed by atoms with Crippen LogP contribution in [0.2, 0.25) is 5.02 Å². The summed E-state index contributed by atoms with van der Waals surface area (Å²) < 4.78 is 9.45. The van der Waals surface area contributed by atoms with Crippen molar-refractivity contribution in [1.29, 1.82) is 0 Å². The zero-order valence-corrected chi connectivity index (χ0v) is 26.3. The predicted octanol–water partition coefficient (Wildman–Crippen LogP) is 8.07. The van der Waals surface area contributed by atoms with Gasteiger partial charge in [0.15, 0.2) is 6.10 Å². The van der Waals surface area contributed by atoms with Crippen molar-refractivity contribution in [2.24, 2.45) is 0 Å². The minimum absolute atomic E-state index is 0.392.